The first kappa shape index (κ1) is 27.0. The lowest BCUT2D eigenvalue weighted by atomic mass is 9.69. The van der Waals surface area contributed by atoms with Crippen LogP contribution in [0.1, 0.15) is 44.2 Å². The van der Waals surface area contributed by atoms with Gasteiger partial charge in [-0.2, -0.15) is 0 Å². The molecule has 0 amide bonds. The predicted octanol–water partition coefficient (Wildman–Crippen LogP) is 4.45. The normalized spacial score (nSPS) is 20.9. The molecule has 0 fully saturated rings. The topological polar surface area (TPSA) is 100 Å². The van der Waals surface area contributed by atoms with Gasteiger partial charge < -0.3 is 24.3 Å². The summed E-state index contributed by atoms with van der Waals surface area (Å²) in [4.78, 5) is 39.6. The van der Waals surface area contributed by atoms with Crippen molar-refractivity contribution in [1.29, 1.82) is 0 Å². The molecule has 1 heterocycles. The molecule has 200 valence electrons. The van der Waals surface area contributed by atoms with Crippen molar-refractivity contribution < 1.29 is 33.3 Å². The van der Waals surface area contributed by atoms with E-state index in [-0.39, 0.29) is 18.3 Å². The Morgan fingerprint density at radius 2 is 1.79 bits per heavy atom. The molecule has 2 aromatic rings. The number of dihydropyridines is 1. The molecular weight excluding hydrogens is 486 g/mol. The largest absolute Gasteiger partial charge is 0.493 e. The van der Waals surface area contributed by atoms with Crippen molar-refractivity contribution in [1.82, 2.24) is 5.32 Å². The van der Waals surface area contributed by atoms with Gasteiger partial charge in [0.25, 0.3) is 0 Å². The summed E-state index contributed by atoms with van der Waals surface area (Å²) in [5.74, 6) is -2.46. The van der Waals surface area contributed by atoms with Crippen LogP contribution in [-0.2, 0) is 30.5 Å². The third-order valence-corrected chi connectivity index (χ3v) is 7.00. The molecule has 38 heavy (non-hydrogen) atoms. The van der Waals surface area contributed by atoms with Gasteiger partial charge in [0.15, 0.2) is 17.3 Å². The number of ether oxygens (including phenoxy) is 4. The second-order valence-electron chi connectivity index (χ2n) is 9.44. The molecule has 8 heteroatoms. The molecule has 1 aliphatic heterocycles. The number of hydrogen-bond donors (Lipinski definition) is 1. The molecular formula is C30H33NO7. The zero-order valence-corrected chi connectivity index (χ0v) is 22.3. The monoisotopic (exact) mass is 519 g/mol. The number of esters is 2. The Bertz CT molecular complexity index is 1290. The molecule has 3 atom stereocenters. The highest BCUT2D eigenvalue weighted by molar-refractivity contribution is 6.12. The van der Waals surface area contributed by atoms with Crippen LogP contribution >= 0.6 is 0 Å². The summed E-state index contributed by atoms with van der Waals surface area (Å²) in [6, 6.07) is 15.1. The van der Waals surface area contributed by atoms with Crippen molar-refractivity contribution in [2.24, 2.45) is 11.8 Å². The van der Waals surface area contributed by atoms with Gasteiger partial charge in [-0.15, -0.1) is 0 Å². The lowest BCUT2D eigenvalue weighted by Crippen LogP contribution is -2.43. The molecule has 0 aromatic heterocycles. The van der Waals surface area contributed by atoms with Crippen molar-refractivity contribution in [3.8, 4) is 11.5 Å². The summed E-state index contributed by atoms with van der Waals surface area (Å²) < 4.78 is 22.0. The molecule has 0 spiro atoms. The summed E-state index contributed by atoms with van der Waals surface area (Å²) in [5.41, 5.74) is 3.64. The van der Waals surface area contributed by atoms with Crippen molar-refractivity contribution in [2.75, 3.05) is 20.8 Å². The van der Waals surface area contributed by atoms with Crippen LogP contribution in [0.3, 0.4) is 0 Å². The zero-order valence-electron chi connectivity index (χ0n) is 22.3. The molecule has 8 nitrogen and oxygen atoms in total. The van der Waals surface area contributed by atoms with E-state index in [1.165, 1.54) is 14.2 Å². The highest BCUT2D eigenvalue weighted by Crippen LogP contribution is 2.46. The molecule has 1 aliphatic carbocycles. The summed E-state index contributed by atoms with van der Waals surface area (Å²) in [6.45, 7) is 5.90. The number of benzene rings is 2. The van der Waals surface area contributed by atoms with Gasteiger partial charge in [0.1, 0.15) is 12.5 Å². The molecule has 0 radical (unpaired) electrons. The number of carbonyl (C=O) groups excluding carboxylic acids is 3. The van der Waals surface area contributed by atoms with Crippen LogP contribution in [0.2, 0.25) is 0 Å². The fourth-order valence-electron chi connectivity index (χ4n) is 5.21. The number of carbonyl (C=O) groups is 3. The SMILES string of the molecule is CCOC(=O)C1=C(C)NC2=C(C(=O)[C@@H](C(=O)OC)[C@@H](C)C2)[C@@H]1c1ccc(OCc2ccccc2)c(OC)c1. The standard InChI is InChI=1S/C30H33NO7/c1-6-37-30(34)25-18(3)31-21-14-17(2)24(29(33)36-5)28(32)27(21)26(25)20-12-13-22(23(15-20)35-4)38-16-19-10-8-7-9-11-19/h7-13,15,17,24,26,31H,6,14,16H2,1-5H3/t17-,24-,26+/m0/s1. The third-order valence-electron chi connectivity index (χ3n) is 7.00. The Labute approximate surface area is 222 Å². The Balaban J connectivity index is 1.79. The van der Waals surface area contributed by atoms with Crippen LogP contribution in [0.4, 0.5) is 0 Å². The van der Waals surface area contributed by atoms with Gasteiger partial charge in [-0.3, -0.25) is 9.59 Å². The zero-order chi connectivity index (χ0) is 27.4. The second-order valence-corrected chi connectivity index (χ2v) is 9.44. The quantitative estimate of drug-likeness (QED) is 0.403. The summed E-state index contributed by atoms with van der Waals surface area (Å²) in [5, 5.41) is 3.25. The lowest BCUT2D eigenvalue weighted by Gasteiger charge is -2.38. The molecule has 0 unspecified atom stereocenters. The fraction of sp³-hybridized carbons (Fsp3) is 0.367. The van der Waals surface area contributed by atoms with Gasteiger partial charge >= 0.3 is 11.9 Å². The van der Waals surface area contributed by atoms with E-state index in [1.807, 2.05) is 43.3 Å². The number of ketones is 1. The summed E-state index contributed by atoms with van der Waals surface area (Å²) >= 11 is 0. The number of rotatable bonds is 8. The third kappa shape index (κ3) is 5.16. The van der Waals surface area contributed by atoms with E-state index in [0.717, 1.165) is 5.56 Å². The Hall–Kier alpha value is -4.07. The van der Waals surface area contributed by atoms with Crippen LogP contribution in [0.25, 0.3) is 0 Å². The molecule has 0 bridgehead atoms. The average molecular weight is 520 g/mol. The van der Waals surface area contributed by atoms with Crippen LogP contribution in [0.5, 0.6) is 11.5 Å². The van der Waals surface area contributed by atoms with Crippen molar-refractivity contribution in [2.45, 2.75) is 39.7 Å². The number of nitrogens with one attached hydrogen (secondary N) is 1. The van der Waals surface area contributed by atoms with Gasteiger partial charge in [0.05, 0.1) is 26.4 Å². The Morgan fingerprint density at radius 1 is 1.05 bits per heavy atom. The minimum atomic E-state index is -0.958. The Kier molecular flexibility index (Phi) is 8.20. The van der Waals surface area contributed by atoms with Gasteiger partial charge in [-0.25, -0.2) is 4.79 Å². The van der Waals surface area contributed by atoms with E-state index >= 15 is 0 Å². The van der Waals surface area contributed by atoms with Crippen LogP contribution in [-0.4, -0.2) is 38.5 Å². The maximum absolute atomic E-state index is 13.8. The van der Waals surface area contributed by atoms with E-state index in [4.69, 9.17) is 18.9 Å². The fourth-order valence-corrected chi connectivity index (χ4v) is 5.21. The first-order chi connectivity index (χ1) is 18.3. The predicted molar refractivity (Wildman–Crippen MR) is 140 cm³/mol. The first-order valence-corrected chi connectivity index (χ1v) is 12.6. The number of methoxy groups -OCH3 is 2. The molecule has 2 aliphatic rings. The molecule has 1 N–H and O–H groups in total. The first-order valence-electron chi connectivity index (χ1n) is 12.6. The second kappa shape index (κ2) is 11.5. The lowest BCUT2D eigenvalue weighted by molar-refractivity contribution is -0.151. The molecule has 0 saturated heterocycles. The molecule has 2 aromatic carbocycles. The average Bonchev–Trinajstić information content (AvgIpc) is 2.91. The maximum atomic E-state index is 13.8. The Morgan fingerprint density at radius 3 is 2.45 bits per heavy atom. The molecule has 0 saturated carbocycles. The maximum Gasteiger partial charge on any atom is 0.336 e. The highest BCUT2D eigenvalue weighted by Gasteiger charge is 2.47. The minimum absolute atomic E-state index is 0.180. The number of Topliss-reactive ketones (excluding diaryl/α,β-unsaturated/α-hetero) is 1. The van der Waals surface area contributed by atoms with E-state index in [0.29, 0.717) is 52.6 Å². The van der Waals surface area contributed by atoms with Crippen LogP contribution in [0, 0.1) is 11.8 Å². The number of allylic oxidation sites excluding steroid dienone is 3. The van der Waals surface area contributed by atoms with Crippen molar-refractivity contribution in [3.63, 3.8) is 0 Å². The van der Waals surface area contributed by atoms with Crippen molar-refractivity contribution in [3.05, 3.63) is 82.2 Å². The number of hydrogen-bond acceptors (Lipinski definition) is 8. The van der Waals surface area contributed by atoms with E-state index < -0.39 is 23.8 Å². The minimum Gasteiger partial charge on any atom is -0.493 e. The van der Waals surface area contributed by atoms with Gasteiger partial charge in [-0.05, 0) is 49.4 Å². The summed E-state index contributed by atoms with van der Waals surface area (Å²) in [6.07, 6.45) is 0.459. The van der Waals surface area contributed by atoms with Crippen molar-refractivity contribution >= 4 is 17.7 Å². The highest BCUT2D eigenvalue weighted by atomic mass is 16.5. The van der Waals surface area contributed by atoms with Gasteiger partial charge in [0.2, 0.25) is 0 Å². The summed E-state index contributed by atoms with van der Waals surface area (Å²) in [7, 11) is 2.81. The van der Waals surface area contributed by atoms with Crippen LogP contribution in [0.15, 0.2) is 71.1 Å². The van der Waals surface area contributed by atoms with E-state index in [9.17, 15) is 14.4 Å². The smallest absolute Gasteiger partial charge is 0.336 e. The van der Waals surface area contributed by atoms with E-state index in [2.05, 4.69) is 5.32 Å². The molecule has 4 rings (SSSR count). The van der Waals surface area contributed by atoms with Crippen LogP contribution < -0.4 is 14.8 Å². The van der Waals surface area contributed by atoms with Gasteiger partial charge in [0, 0.05) is 22.9 Å². The van der Waals surface area contributed by atoms with Gasteiger partial charge in [-0.1, -0.05) is 43.3 Å². The van der Waals surface area contributed by atoms with E-state index in [1.54, 1.807) is 26.0 Å².